The Kier molecular flexibility index (Phi) is 3.37. The summed E-state index contributed by atoms with van der Waals surface area (Å²) in [7, 11) is -3.74. The first-order valence-corrected chi connectivity index (χ1v) is 8.30. The molecule has 112 valence electrons. The third-order valence-corrected chi connectivity index (χ3v) is 5.51. The summed E-state index contributed by atoms with van der Waals surface area (Å²) in [6.45, 7) is 3.12. The number of aromatic nitrogens is 1. The molecule has 3 rings (SSSR count). The molecule has 0 aliphatic carbocycles. The van der Waals surface area contributed by atoms with Crippen LogP contribution in [0.25, 0.3) is 10.9 Å². The van der Waals surface area contributed by atoms with Crippen LogP contribution >= 0.6 is 0 Å². The molecule has 1 aromatic heterocycles. The average molecular weight is 313 g/mol. The van der Waals surface area contributed by atoms with Crippen LogP contribution < -0.4 is 0 Å². The van der Waals surface area contributed by atoms with E-state index in [0.717, 1.165) is 0 Å². The Hall–Kier alpha value is -2.40. The Morgan fingerprint density at radius 1 is 0.955 bits per heavy atom. The summed E-state index contributed by atoms with van der Waals surface area (Å²) >= 11 is 0. The van der Waals surface area contributed by atoms with Gasteiger partial charge < -0.3 is 0 Å². The quantitative estimate of drug-likeness (QED) is 0.696. The Morgan fingerprint density at radius 2 is 1.55 bits per heavy atom. The zero-order valence-electron chi connectivity index (χ0n) is 12.3. The van der Waals surface area contributed by atoms with E-state index < -0.39 is 10.0 Å². The molecule has 1 heterocycles. The Labute approximate surface area is 129 Å². The van der Waals surface area contributed by atoms with E-state index in [0.29, 0.717) is 22.2 Å². The lowest BCUT2D eigenvalue weighted by molar-refractivity contribution is 0.101. The van der Waals surface area contributed by atoms with Gasteiger partial charge in [-0.1, -0.05) is 36.4 Å². The summed E-state index contributed by atoms with van der Waals surface area (Å²) in [5.74, 6) is -0.143. The third kappa shape index (κ3) is 2.05. The van der Waals surface area contributed by atoms with Crippen LogP contribution in [0, 0.1) is 6.92 Å². The van der Waals surface area contributed by atoms with Gasteiger partial charge in [-0.3, -0.25) is 4.79 Å². The fraction of sp³-hybridized carbons (Fsp3) is 0.118. The molecule has 22 heavy (non-hydrogen) atoms. The van der Waals surface area contributed by atoms with Crippen molar-refractivity contribution in [2.75, 3.05) is 0 Å². The molecule has 2 aromatic carbocycles. The molecule has 5 heteroatoms. The van der Waals surface area contributed by atoms with Gasteiger partial charge in [-0.25, -0.2) is 12.4 Å². The second-order valence-corrected chi connectivity index (χ2v) is 6.90. The monoisotopic (exact) mass is 313 g/mol. The molecular weight excluding hydrogens is 298 g/mol. The van der Waals surface area contributed by atoms with Crippen molar-refractivity contribution < 1.29 is 13.2 Å². The molecule has 0 saturated carbocycles. The van der Waals surface area contributed by atoms with Gasteiger partial charge in [0, 0.05) is 16.6 Å². The minimum absolute atomic E-state index is 0.143. The van der Waals surface area contributed by atoms with Gasteiger partial charge in [0.1, 0.15) is 0 Å². The third-order valence-electron chi connectivity index (χ3n) is 3.69. The van der Waals surface area contributed by atoms with Crippen molar-refractivity contribution in [2.45, 2.75) is 18.7 Å². The maximum Gasteiger partial charge on any atom is 0.268 e. The molecule has 0 aliphatic heterocycles. The summed E-state index contributed by atoms with van der Waals surface area (Å²) in [5.41, 5.74) is 1.42. The molecule has 0 bridgehead atoms. The molecule has 0 spiro atoms. The van der Waals surface area contributed by atoms with Crippen LogP contribution in [-0.2, 0) is 10.0 Å². The summed E-state index contributed by atoms with van der Waals surface area (Å²) in [5, 5.41) is 0.659. The number of nitrogens with zero attached hydrogens (tertiary/aromatic N) is 1. The highest BCUT2D eigenvalue weighted by molar-refractivity contribution is 7.90. The van der Waals surface area contributed by atoms with Gasteiger partial charge in [0.2, 0.25) is 0 Å². The molecule has 0 unspecified atom stereocenters. The van der Waals surface area contributed by atoms with Gasteiger partial charge >= 0.3 is 0 Å². The van der Waals surface area contributed by atoms with E-state index in [9.17, 15) is 13.2 Å². The molecule has 0 atom stereocenters. The van der Waals surface area contributed by atoms with E-state index in [4.69, 9.17) is 0 Å². The Bertz CT molecular complexity index is 970. The van der Waals surface area contributed by atoms with Crippen molar-refractivity contribution in [2.24, 2.45) is 0 Å². The minimum atomic E-state index is -3.74. The molecule has 0 saturated heterocycles. The van der Waals surface area contributed by atoms with E-state index in [1.807, 2.05) is 0 Å². The van der Waals surface area contributed by atoms with E-state index >= 15 is 0 Å². The standard InChI is InChI=1S/C17H15NO3S/c1-12-17(13(2)19)15-10-6-7-11-16(15)18(12)22(20,21)14-8-4-3-5-9-14/h3-11H,1-2H3. The Balaban J connectivity index is 2.42. The SMILES string of the molecule is CC(=O)c1c(C)n(S(=O)(=O)c2ccccc2)c2ccccc12. The lowest BCUT2D eigenvalue weighted by Gasteiger charge is -2.10. The van der Waals surface area contributed by atoms with E-state index in [-0.39, 0.29) is 10.7 Å². The number of carbonyl (C=O) groups excluding carboxylic acids is 1. The van der Waals surface area contributed by atoms with Crippen LogP contribution in [0.5, 0.6) is 0 Å². The van der Waals surface area contributed by atoms with E-state index in [1.54, 1.807) is 61.5 Å². The van der Waals surface area contributed by atoms with Gasteiger partial charge in [0.15, 0.2) is 5.78 Å². The number of para-hydroxylation sites is 1. The Morgan fingerprint density at radius 3 is 2.18 bits per heavy atom. The number of carbonyl (C=O) groups is 1. The molecular formula is C17H15NO3S. The number of ketones is 1. The summed E-state index contributed by atoms with van der Waals surface area (Å²) in [6.07, 6.45) is 0. The molecule has 0 amide bonds. The van der Waals surface area contributed by atoms with E-state index in [2.05, 4.69) is 0 Å². The topological polar surface area (TPSA) is 56.1 Å². The van der Waals surface area contributed by atoms with Gasteiger partial charge in [-0.2, -0.15) is 0 Å². The van der Waals surface area contributed by atoms with Crippen molar-refractivity contribution >= 4 is 26.7 Å². The van der Waals surface area contributed by atoms with Crippen LogP contribution in [0.4, 0.5) is 0 Å². The first-order valence-electron chi connectivity index (χ1n) is 6.86. The number of hydrogen-bond acceptors (Lipinski definition) is 3. The average Bonchev–Trinajstić information content (AvgIpc) is 2.80. The van der Waals surface area contributed by atoms with Gasteiger partial charge in [-0.05, 0) is 32.0 Å². The van der Waals surface area contributed by atoms with Crippen molar-refractivity contribution in [1.82, 2.24) is 3.97 Å². The predicted molar refractivity (Wildman–Crippen MR) is 85.7 cm³/mol. The van der Waals surface area contributed by atoms with Crippen LogP contribution in [0.3, 0.4) is 0 Å². The zero-order valence-corrected chi connectivity index (χ0v) is 13.1. The first kappa shape index (κ1) is 14.5. The highest BCUT2D eigenvalue weighted by atomic mass is 32.2. The number of fused-ring (bicyclic) bond motifs is 1. The van der Waals surface area contributed by atoms with Crippen LogP contribution in [0.1, 0.15) is 23.0 Å². The largest absolute Gasteiger partial charge is 0.294 e. The molecule has 3 aromatic rings. The lowest BCUT2D eigenvalue weighted by Crippen LogP contribution is -2.14. The fourth-order valence-electron chi connectivity index (χ4n) is 2.79. The van der Waals surface area contributed by atoms with Crippen LogP contribution in [0.2, 0.25) is 0 Å². The van der Waals surface area contributed by atoms with Gasteiger partial charge in [0.05, 0.1) is 10.4 Å². The number of rotatable bonds is 3. The zero-order chi connectivity index (χ0) is 15.9. The molecule has 0 N–H and O–H groups in total. The molecule has 0 fully saturated rings. The molecule has 4 nitrogen and oxygen atoms in total. The number of benzene rings is 2. The summed E-state index contributed by atoms with van der Waals surface area (Å²) in [4.78, 5) is 12.2. The van der Waals surface area contributed by atoms with E-state index in [1.165, 1.54) is 10.9 Å². The molecule has 0 radical (unpaired) electrons. The highest BCUT2D eigenvalue weighted by Crippen LogP contribution is 2.30. The summed E-state index contributed by atoms with van der Waals surface area (Å²) < 4.78 is 27.2. The fourth-order valence-corrected chi connectivity index (χ4v) is 4.37. The second-order valence-electron chi connectivity index (χ2n) is 5.12. The second kappa shape index (κ2) is 5.10. The van der Waals surface area contributed by atoms with Crippen molar-refractivity contribution in [3.8, 4) is 0 Å². The van der Waals surface area contributed by atoms with Crippen molar-refractivity contribution in [3.05, 3.63) is 65.9 Å². The maximum absolute atomic E-state index is 13.0. The summed E-state index contributed by atoms with van der Waals surface area (Å²) in [6, 6.07) is 15.3. The smallest absolute Gasteiger partial charge is 0.268 e. The van der Waals surface area contributed by atoms with Crippen LogP contribution in [0.15, 0.2) is 59.5 Å². The predicted octanol–water partition coefficient (Wildman–Crippen LogP) is 3.39. The van der Waals surface area contributed by atoms with Gasteiger partial charge in [-0.15, -0.1) is 0 Å². The minimum Gasteiger partial charge on any atom is -0.294 e. The maximum atomic E-state index is 13.0. The normalized spacial score (nSPS) is 11.7. The molecule has 0 aliphatic rings. The lowest BCUT2D eigenvalue weighted by atomic mass is 10.1. The first-order chi connectivity index (χ1) is 10.4. The van der Waals surface area contributed by atoms with Crippen molar-refractivity contribution in [1.29, 1.82) is 0 Å². The number of hydrogen-bond donors (Lipinski definition) is 0. The van der Waals surface area contributed by atoms with Crippen LogP contribution in [-0.4, -0.2) is 18.2 Å². The number of Topliss-reactive ketones (excluding diaryl/α,β-unsaturated/α-hetero) is 1. The highest BCUT2D eigenvalue weighted by Gasteiger charge is 2.25. The van der Waals surface area contributed by atoms with Crippen molar-refractivity contribution in [3.63, 3.8) is 0 Å². The van der Waals surface area contributed by atoms with Gasteiger partial charge in [0.25, 0.3) is 10.0 Å².